The number of ether oxygens (including phenoxy) is 2. The van der Waals surface area contributed by atoms with E-state index < -0.39 is 0 Å². The van der Waals surface area contributed by atoms with Crippen LogP contribution in [0.25, 0.3) is 6.08 Å². The van der Waals surface area contributed by atoms with Gasteiger partial charge in [0.2, 0.25) is 0 Å². The van der Waals surface area contributed by atoms with Gasteiger partial charge in [0.1, 0.15) is 11.5 Å². The van der Waals surface area contributed by atoms with Crippen LogP contribution in [0.3, 0.4) is 0 Å². The maximum Gasteiger partial charge on any atom is 0.318 e. The first-order valence-corrected chi connectivity index (χ1v) is 10.7. The fourth-order valence-electron chi connectivity index (χ4n) is 4.04. The lowest BCUT2D eigenvalue weighted by atomic mass is 9.78. The summed E-state index contributed by atoms with van der Waals surface area (Å²) in [4.78, 5) is 13.4. The van der Waals surface area contributed by atoms with Crippen molar-refractivity contribution < 1.29 is 14.3 Å². The quantitative estimate of drug-likeness (QED) is 0.423. The van der Waals surface area contributed by atoms with Gasteiger partial charge in [-0.1, -0.05) is 84.9 Å². The third-order valence-corrected chi connectivity index (χ3v) is 5.90. The fraction of sp³-hybridized carbons (Fsp3) is 0.444. The highest BCUT2D eigenvalue weighted by molar-refractivity contribution is 5.82. The zero-order valence-electron chi connectivity index (χ0n) is 19.5. The summed E-state index contributed by atoms with van der Waals surface area (Å²) in [5.41, 5.74) is 3.91. The minimum atomic E-state index is -0.317. The van der Waals surface area contributed by atoms with Gasteiger partial charge in [0, 0.05) is 11.1 Å². The molecule has 0 radical (unpaired) electrons. The maximum absolute atomic E-state index is 13.4. The van der Waals surface area contributed by atoms with Crippen LogP contribution in [0.2, 0.25) is 0 Å². The zero-order valence-corrected chi connectivity index (χ0v) is 19.5. The van der Waals surface area contributed by atoms with E-state index in [9.17, 15) is 4.79 Å². The molecule has 3 heteroatoms. The van der Waals surface area contributed by atoms with Crippen LogP contribution in [0, 0.1) is 5.92 Å². The van der Waals surface area contributed by atoms with Crippen molar-refractivity contribution >= 4 is 12.0 Å². The second kappa shape index (κ2) is 7.94. The average Bonchev–Trinajstić information content (AvgIpc) is 2.66. The molecule has 0 aromatic heterocycles. The third kappa shape index (κ3) is 4.30. The second-order valence-corrected chi connectivity index (χ2v) is 10.3. The summed E-state index contributed by atoms with van der Waals surface area (Å²) in [5, 5.41) is 0. The molecule has 160 valence electrons. The van der Waals surface area contributed by atoms with Crippen molar-refractivity contribution in [3.05, 3.63) is 64.7 Å². The van der Waals surface area contributed by atoms with Gasteiger partial charge in [0.05, 0.1) is 13.0 Å². The van der Waals surface area contributed by atoms with Crippen molar-refractivity contribution in [3.8, 4) is 11.5 Å². The number of esters is 1. The molecular weight excluding hydrogens is 372 g/mol. The molecule has 1 aliphatic carbocycles. The van der Waals surface area contributed by atoms with Gasteiger partial charge in [0.15, 0.2) is 0 Å². The topological polar surface area (TPSA) is 35.5 Å². The predicted molar refractivity (Wildman–Crippen MR) is 123 cm³/mol. The van der Waals surface area contributed by atoms with Crippen LogP contribution in [-0.4, -0.2) is 13.1 Å². The maximum atomic E-state index is 13.4. The molecule has 1 aliphatic rings. The minimum Gasteiger partial charge on any atom is -0.497 e. The van der Waals surface area contributed by atoms with Crippen LogP contribution in [0.15, 0.2) is 42.5 Å². The Bertz CT molecular complexity index is 935. The van der Waals surface area contributed by atoms with Crippen LogP contribution in [0.4, 0.5) is 0 Å². The zero-order chi connectivity index (χ0) is 22.3. The van der Waals surface area contributed by atoms with Crippen LogP contribution >= 0.6 is 0 Å². The summed E-state index contributed by atoms with van der Waals surface area (Å²) in [7, 11) is 1.67. The molecule has 0 N–H and O–H groups in total. The molecule has 0 heterocycles. The van der Waals surface area contributed by atoms with Gasteiger partial charge in [-0.2, -0.15) is 0 Å². The smallest absolute Gasteiger partial charge is 0.318 e. The third-order valence-electron chi connectivity index (χ3n) is 5.90. The Morgan fingerprint density at radius 1 is 0.933 bits per heavy atom. The Labute approximate surface area is 181 Å². The molecule has 2 atom stereocenters. The number of carbonyl (C=O) groups excluding carboxylic acids is 1. The predicted octanol–water partition coefficient (Wildman–Crippen LogP) is 6.64. The number of fused-ring (bicyclic) bond motifs is 1. The normalized spacial score (nSPS) is 18.7. The van der Waals surface area contributed by atoms with Gasteiger partial charge in [-0.3, -0.25) is 4.79 Å². The first kappa shape index (κ1) is 22.1. The van der Waals surface area contributed by atoms with E-state index >= 15 is 0 Å². The highest BCUT2D eigenvalue weighted by Crippen LogP contribution is 2.43. The lowest BCUT2D eigenvalue weighted by molar-refractivity contribution is -0.138. The largest absolute Gasteiger partial charge is 0.497 e. The number of hydrogen-bond acceptors (Lipinski definition) is 3. The molecule has 2 aromatic rings. The summed E-state index contributed by atoms with van der Waals surface area (Å²) in [6.07, 6.45) is 4.01. The number of methoxy groups -OCH3 is 1. The van der Waals surface area contributed by atoms with Crippen molar-refractivity contribution in [2.24, 2.45) is 5.92 Å². The minimum absolute atomic E-state index is 0.0631. The molecule has 0 spiro atoms. The van der Waals surface area contributed by atoms with Gasteiger partial charge in [0.25, 0.3) is 0 Å². The Morgan fingerprint density at radius 2 is 1.50 bits per heavy atom. The second-order valence-electron chi connectivity index (χ2n) is 10.3. The van der Waals surface area contributed by atoms with Gasteiger partial charge in [-0.25, -0.2) is 0 Å². The Morgan fingerprint density at radius 3 is 2.03 bits per heavy atom. The molecule has 0 bridgehead atoms. The van der Waals surface area contributed by atoms with Crippen molar-refractivity contribution in [1.82, 2.24) is 0 Å². The molecule has 0 saturated heterocycles. The standard InChI is InChI=1S/C27H34O3/c1-17-20-12-10-9-11-18(20)13-14-21(17)25(28)30-24-22(26(2,3)4)15-19(29-8)16-23(24)27(5,6)7/h9-17,21H,1-8H3. The Hall–Kier alpha value is -2.55. The Balaban J connectivity index is 2.05. The van der Waals surface area contributed by atoms with E-state index in [1.807, 2.05) is 36.4 Å². The first-order chi connectivity index (χ1) is 13.9. The van der Waals surface area contributed by atoms with E-state index in [1.54, 1.807) is 7.11 Å². The Kier molecular flexibility index (Phi) is 5.86. The molecule has 0 amide bonds. The summed E-state index contributed by atoms with van der Waals surface area (Å²) in [6, 6.07) is 12.2. The van der Waals surface area contributed by atoms with E-state index in [0.717, 1.165) is 16.9 Å². The molecule has 2 unspecified atom stereocenters. The molecule has 0 aliphatic heterocycles. The van der Waals surface area contributed by atoms with E-state index in [2.05, 4.69) is 60.6 Å². The molecule has 30 heavy (non-hydrogen) atoms. The van der Waals surface area contributed by atoms with Gasteiger partial charge in [-0.05, 0) is 40.0 Å². The van der Waals surface area contributed by atoms with Crippen LogP contribution in [-0.2, 0) is 15.6 Å². The lowest BCUT2D eigenvalue weighted by Gasteiger charge is -2.31. The molecule has 2 aromatic carbocycles. The van der Waals surface area contributed by atoms with Crippen molar-refractivity contribution in [1.29, 1.82) is 0 Å². The number of hydrogen-bond donors (Lipinski definition) is 0. The summed E-state index contributed by atoms with van der Waals surface area (Å²) in [6.45, 7) is 14.9. The van der Waals surface area contributed by atoms with Crippen molar-refractivity contribution in [3.63, 3.8) is 0 Å². The number of rotatable bonds is 3. The molecule has 0 fully saturated rings. The summed E-state index contributed by atoms with van der Waals surface area (Å²) >= 11 is 0. The van der Waals surface area contributed by atoms with E-state index in [-0.39, 0.29) is 28.6 Å². The van der Waals surface area contributed by atoms with E-state index in [0.29, 0.717) is 5.75 Å². The lowest BCUT2D eigenvalue weighted by Crippen LogP contribution is -2.28. The van der Waals surface area contributed by atoms with E-state index in [4.69, 9.17) is 9.47 Å². The van der Waals surface area contributed by atoms with E-state index in [1.165, 1.54) is 11.1 Å². The fourth-order valence-corrected chi connectivity index (χ4v) is 4.04. The van der Waals surface area contributed by atoms with Gasteiger partial charge >= 0.3 is 5.97 Å². The first-order valence-electron chi connectivity index (χ1n) is 10.7. The molecular formula is C27H34O3. The van der Waals surface area contributed by atoms with Crippen molar-refractivity contribution in [2.75, 3.05) is 7.11 Å². The monoisotopic (exact) mass is 406 g/mol. The average molecular weight is 407 g/mol. The summed E-state index contributed by atoms with van der Waals surface area (Å²) < 4.78 is 11.8. The summed E-state index contributed by atoms with van der Waals surface area (Å²) in [5.74, 6) is 0.981. The molecule has 3 rings (SSSR count). The highest BCUT2D eigenvalue weighted by atomic mass is 16.5. The van der Waals surface area contributed by atoms with Gasteiger partial charge in [-0.15, -0.1) is 0 Å². The number of benzene rings is 2. The van der Waals surface area contributed by atoms with Crippen LogP contribution < -0.4 is 9.47 Å². The highest BCUT2D eigenvalue weighted by Gasteiger charge is 2.34. The molecule has 3 nitrogen and oxygen atoms in total. The molecule has 0 saturated carbocycles. The van der Waals surface area contributed by atoms with Crippen LogP contribution in [0.1, 0.15) is 76.6 Å². The number of carbonyl (C=O) groups is 1. The van der Waals surface area contributed by atoms with Crippen LogP contribution in [0.5, 0.6) is 11.5 Å². The van der Waals surface area contributed by atoms with Crippen molar-refractivity contribution in [2.45, 2.75) is 65.2 Å². The SMILES string of the molecule is COc1cc(C(C)(C)C)c(OC(=O)C2C=Cc3ccccc3C2C)c(C(C)(C)C)c1. The van der Waals surface area contributed by atoms with Gasteiger partial charge < -0.3 is 9.47 Å².